The van der Waals surface area contributed by atoms with Crippen molar-refractivity contribution in [3.63, 3.8) is 0 Å². The highest BCUT2D eigenvalue weighted by molar-refractivity contribution is 5.86. The standard InChI is InChI=1S/C13H19N3O2/c1-2-5-11-6-3-4-7-16(11)13-14-8-10(9-15-13)12(17)18/h8-9,11H,2-7H2,1H3,(H,17,18). The molecule has 0 radical (unpaired) electrons. The summed E-state index contributed by atoms with van der Waals surface area (Å²) in [4.78, 5) is 21.4. The van der Waals surface area contributed by atoms with E-state index in [1.54, 1.807) is 0 Å². The molecular weight excluding hydrogens is 230 g/mol. The summed E-state index contributed by atoms with van der Waals surface area (Å²) in [5, 5.41) is 8.83. The van der Waals surface area contributed by atoms with Crippen LogP contribution < -0.4 is 4.90 Å². The highest BCUT2D eigenvalue weighted by Gasteiger charge is 2.23. The maximum atomic E-state index is 10.8. The monoisotopic (exact) mass is 249 g/mol. The Labute approximate surface area is 107 Å². The summed E-state index contributed by atoms with van der Waals surface area (Å²) in [6, 6.07) is 0.499. The number of anilines is 1. The topological polar surface area (TPSA) is 66.3 Å². The van der Waals surface area contributed by atoms with E-state index in [-0.39, 0.29) is 5.56 Å². The van der Waals surface area contributed by atoms with Crippen LogP contribution in [0.2, 0.25) is 0 Å². The van der Waals surface area contributed by atoms with Gasteiger partial charge in [-0.1, -0.05) is 13.3 Å². The predicted octanol–water partition coefficient (Wildman–Crippen LogP) is 2.33. The zero-order valence-corrected chi connectivity index (χ0v) is 10.7. The van der Waals surface area contributed by atoms with E-state index < -0.39 is 5.97 Å². The molecule has 1 saturated heterocycles. The van der Waals surface area contributed by atoms with Gasteiger partial charge in [0.2, 0.25) is 5.95 Å². The summed E-state index contributed by atoms with van der Waals surface area (Å²) in [5.74, 6) is -0.316. The van der Waals surface area contributed by atoms with Gasteiger partial charge in [-0.05, 0) is 25.7 Å². The molecular formula is C13H19N3O2. The molecule has 0 bridgehead atoms. The van der Waals surface area contributed by atoms with E-state index in [1.807, 2.05) is 0 Å². The Morgan fingerprint density at radius 2 is 2.17 bits per heavy atom. The number of aromatic carboxylic acids is 1. The number of hydrogen-bond acceptors (Lipinski definition) is 4. The number of carboxylic acid groups (broad SMARTS) is 1. The molecule has 2 rings (SSSR count). The van der Waals surface area contributed by atoms with Crippen LogP contribution in [-0.4, -0.2) is 33.6 Å². The molecule has 0 aliphatic carbocycles. The molecule has 2 heterocycles. The van der Waals surface area contributed by atoms with Crippen LogP contribution in [0, 0.1) is 0 Å². The fraction of sp³-hybridized carbons (Fsp3) is 0.615. The van der Waals surface area contributed by atoms with Crippen LogP contribution >= 0.6 is 0 Å². The van der Waals surface area contributed by atoms with Gasteiger partial charge >= 0.3 is 5.97 Å². The zero-order valence-electron chi connectivity index (χ0n) is 10.7. The van der Waals surface area contributed by atoms with Crippen molar-refractivity contribution in [3.05, 3.63) is 18.0 Å². The second-order valence-corrected chi connectivity index (χ2v) is 4.71. The van der Waals surface area contributed by atoms with Crippen molar-refractivity contribution < 1.29 is 9.90 Å². The van der Waals surface area contributed by atoms with Crippen molar-refractivity contribution >= 4 is 11.9 Å². The molecule has 5 nitrogen and oxygen atoms in total. The first-order chi connectivity index (χ1) is 8.72. The highest BCUT2D eigenvalue weighted by Crippen LogP contribution is 2.24. The van der Waals surface area contributed by atoms with Crippen LogP contribution in [0.4, 0.5) is 5.95 Å². The molecule has 5 heteroatoms. The number of piperidine rings is 1. The SMILES string of the molecule is CCCC1CCCCN1c1ncc(C(=O)O)cn1. The van der Waals surface area contributed by atoms with E-state index in [2.05, 4.69) is 21.8 Å². The van der Waals surface area contributed by atoms with Gasteiger partial charge in [-0.25, -0.2) is 14.8 Å². The Morgan fingerprint density at radius 1 is 1.44 bits per heavy atom. The normalized spacial score (nSPS) is 19.8. The van der Waals surface area contributed by atoms with Gasteiger partial charge in [0, 0.05) is 25.0 Å². The van der Waals surface area contributed by atoms with Gasteiger partial charge in [-0.3, -0.25) is 0 Å². The molecule has 0 spiro atoms. The fourth-order valence-electron chi connectivity index (χ4n) is 2.48. The first-order valence-corrected chi connectivity index (χ1v) is 6.54. The van der Waals surface area contributed by atoms with E-state index in [1.165, 1.54) is 25.2 Å². The van der Waals surface area contributed by atoms with Gasteiger partial charge in [0.1, 0.15) is 0 Å². The molecule has 98 valence electrons. The molecule has 1 aliphatic rings. The van der Waals surface area contributed by atoms with E-state index in [0.29, 0.717) is 12.0 Å². The van der Waals surface area contributed by atoms with Crippen LogP contribution in [-0.2, 0) is 0 Å². The van der Waals surface area contributed by atoms with Gasteiger partial charge in [0.25, 0.3) is 0 Å². The summed E-state index contributed by atoms with van der Waals surface area (Å²) in [6.07, 6.45) is 8.67. The molecule has 18 heavy (non-hydrogen) atoms. The van der Waals surface area contributed by atoms with Crippen LogP contribution in [0.3, 0.4) is 0 Å². The second-order valence-electron chi connectivity index (χ2n) is 4.71. The first kappa shape index (κ1) is 12.8. The summed E-state index contributed by atoms with van der Waals surface area (Å²) in [6.45, 7) is 3.15. The first-order valence-electron chi connectivity index (χ1n) is 6.54. The highest BCUT2D eigenvalue weighted by atomic mass is 16.4. The lowest BCUT2D eigenvalue weighted by Crippen LogP contribution is -2.40. The zero-order chi connectivity index (χ0) is 13.0. The molecule has 1 aromatic rings. The lowest BCUT2D eigenvalue weighted by Gasteiger charge is -2.35. The number of carboxylic acids is 1. The lowest BCUT2D eigenvalue weighted by atomic mass is 9.99. The van der Waals surface area contributed by atoms with E-state index in [9.17, 15) is 4.79 Å². The summed E-state index contributed by atoms with van der Waals surface area (Å²) < 4.78 is 0. The molecule has 1 atom stereocenters. The molecule has 1 aromatic heterocycles. The third-order valence-corrected chi connectivity index (χ3v) is 3.39. The molecule has 0 saturated carbocycles. The number of hydrogen-bond donors (Lipinski definition) is 1. The third kappa shape index (κ3) is 2.78. The van der Waals surface area contributed by atoms with Crippen molar-refractivity contribution in [2.24, 2.45) is 0 Å². The predicted molar refractivity (Wildman–Crippen MR) is 68.9 cm³/mol. The van der Waals surface area contributed by atoms with Crippen molar-refractivity contribution in [3.8, 4) is 0 Å². The average molecular weight is 249 g/mol. The van der Waals surface area contributed by atoms with Crippen molar-refractivity contribution in [2.45, 2.75) is 45.1 Å². The van der Waals surface area contributed by atoms with Gasteiger partial charge in [0.05, 0.1) is 5.56 Å². The number of carbonyl (C=O) groups is 1. The smallest absolute Gasteiger partial charge is 0.338 e. The molecule has 1 aliphatic heterocycles. The Morgan fingerprint density at radius 3 is 2.78 bits per heavy atom. The Bertz CT molecular complexity index is 403. The van der Waals surface area contributed by atoms with Gasteiger partial charge in [-0.15, -0.1) is 0 Å². The maximum Gasteiger partial charge on any atom is 0.338 e. The molecule has 0 amide bonds. The fourth-order valence-corrected chi connectivity index (χ4v) is 2.48. The van der Waals surface area contributed by atoms with Crippen molar-refractivity contribution in [1.82, 2.24) is 9.97 Å². The summed E-state index contributed by atoms with van der Waals surface area (Å²) >= 11 is 0. The van der Waals surface area contributed by atoms with Gasteiger partial charge in [-0.2, -0.15) is 0 Å². The minimum atomic E-state index is -0.981. The number of rotatable bonds is 4. The van der Waals surface area contributed by atoms with Gasteiger partial charge in [0.15, 0.2) is 0 Å². The van der Waals surface area contributed by atoms with Crippen molar-refractivity contribution in [1.29, 1.82) is 0 Å². The van der Waals surface area contributed by atoms with Crippen molar-refractivity contribution in [2.75, 3.05) is 11.4 Å². The second kappa shape index (κ2) is 5.80. The third-order valence-electron chi connectivity index (χ3n) is 3.39. The van der Waals surface area contributed by atoms with Crippen LogP contribution in [0.1, 0.15) is 49.4 Å². The number of nitrogens with zero attached hydrogens (tertiary/aromatic N) is 3. The summed E-state index contributed by atoms with van der Waals surface area (Å²) in [7, 11) is 0. The average Bonchev–Trinajstić information content (AvgIpc) is 2.40. The minimum absolute atomic E-state index is 0.141. The van der Waals surface area contributed by atoms with Gasteiger partial charge < -0.3 is 10.0 Å². The summed E-state index contributed by atoms with van der Waals surface area (Å²) in [5.41, 5.74) is 0.141. The van der Waals surface area contributed by atoms with E-state index >= 15 is 0 Å². The lowest BCUT2D eigenvalue weighted by molar-refractivity contribution is 0.0696. The minimum Gasteiger partial charge on any atom is -0.478 e. The Balaban J connectivity index is 2.15. The Hall–Kier alpha value is -1.65. The van der Waals surface area contributed by atoms with E-state index in [4.69, 9.17) is 5.11 Å². The maximum absolute atomic E-state index is 10.8. The quantitative estimate of drug-likeness (QED) is 0.887. The molecule has 1 N–H and O–H groups in total. The molecule has 1 fully saturated rings. The number of aromatic nitrogens is 2. The molecule has 1 unspecified atom stereocenters. The van der Waals surface area contributed by atoms with Crippen LogP contribution in [0.5, 0.6) is 0 Å². The Kier molecular flexibility index (Phi) is 4.12. The van der Waals surface area contributed by atoms with Crippen LogP contribution in [0.25, 0.3) is 0 Å². The van der Waals surface area contributed by atoms with E-state index in [0.717, 1.165) is 25.8 Å². The van der Waals surface area contributed by atoms with Crippen LogP contribution in [0.15, 0.2) is 12.4 Å². The largest absolute Gasteiger partial charge is 0.478 e. The molecule has 0 aromatic carbocycles.